The Morgan fingerprint density at radius 3 is 2.59 bits per heavy atom. The van der Waals surface area contributed by atoms with Crippen LogP contribution in [-0.4, -0.2) is 84.0 Å². The maximum Gasteiger partial charge on any atom is 0.321 e. The van der Waals surface area contributed by atoms with Crippen molar-refractivity contribution in [2.45, 2.75) is 12.8 Å². The Bertz CT molecular complexity index is 1650. The number of nitrogens with zero attached hydrogens (tertiary/aromatic N) is 7. The first-order chi connectivity index (χ1) is 18.0. The number of aromatic nitrogens is 7. The molecular formula is C25H24N10O2. The molecule has 12 nitrogen and oxygen atoms in total. The largest absolute Gasteiger partial charge is 0.339 e. The SMILES string of the molecule is CN(C)C(=O)Nc1cncc(-c2cnc3n[nH]c(-c4nc5c(C(=O)N6CCCC6)cncc5[nH]4)c3c2)c1. The average molecular weight is 497 g/mol. The van der Waals surface area contributed by atoms with Crippen LogP contribution in [-0.2, 0) is 0 Å². The summed E-state index contributed by atoms with van der Waals surface area (Å²) < 4.78 is 0. The summed E-state index contributed by atoms with van der Waals surface area (Å²) in [5, 5.41) is 10.9. The lowest BCUT2D eigenvalue weighted by Gasteiger charge is -2.14. The first kappa shape index (κ1) is 22.6. The number of anilines is 1. The fourth-order valence-electron chi connectivity index (χ4n) is 4.44. The summed E-state index contributed by atoms with van der Waals surface area (Å²) >= 11 is 0. The minimum atomic E-state index is -0.244. The highest BCUT2D eigenvalue weighted by atomic mass is 16.2. The Labute approximate surface area is 211 Å². The van der Waals surface area contributed by atoms with E-state index < -0.39 is 0 Å². The third kappa shape index (κ3) is 4.11. The number of likely N-dealkylation sites (tertiary alicyclic amines) is 1. The molecule has 37 heavy (non-hydrogen) atoms. The van der Waals surface area contributed by atoms with Crippen molar-refractivity contribution in [3.05, 3.63) is 48.7 Å². The van der Waals surface area contributed by atoms with Crippen molar-refractivity contribution in [3.8, 4) is 22.6 Å². The van der Waals surface area contributed by atoms with Crippen molar-refractivity contribution < 1.29 is 9.59 Å². The van der Waals surface area contributed by atoms with E-state index in [2.05, 4.69) is 35.5 Å². The standard InChI is InChI=1S/C25H24N10O2/c1-34(2)25(37)29-16-7-14(9-26-11-16)15-8-17-21(32-33-22(17)28-10-15)23-30-19-13-27-12-18(20(19)31-23)24(36)35-5-3-4-6-35/h7-13H,3-6H2,1-2H3,(H,29,37)(H,30,31)(H,28,32,33). The van der Waals surface area contributed by atoms with E-state index in [1.165, 1.54) is 4.90 Å². The summed E-state index contributed by atoms with van der Waals surface area (Å²) in [7, 11) is 3.34. The molecule has 6 heterocycles. The summed E-state index contributed by atoms with van der Waals surface area (Å²) in [6.45, 7) is 1.50. The maximum absolute atomic E-state index is 13.1. The number of carbonyl (C=O) groups is 2. The van der Waals surface area contributed by atoms with Gasteiger partial charge in [0.05, 0.1) is 34.5 Å². The number of nitrogens with one attached hydrogen (secondary N) is 3. The summed E-state index contributed by atoms with van der Waals surface area (Å²) in [5.41, 5.74) is 5.04. The van der Waals surface area contributed by atoms with Gasteiger partial charge < -0.3 is 20.1 Å². The lowest BCUT2D eigenvalue weighted by atomic mass is 10.1. The van der Waals surface area contributed by atoms with E-state index in [1.54, 1.807) is 45.1 Å². The van der Waals surface area contributed by atoms with E-state index in [4.69, 9.17) is 4.98 Å². The fourth-order valence-corrected chi connectivity index (χ4v) is 4.44. The van der Waals surface area contributed by atoms with Crippen LogP contribution in [0.4, 0.5) is 10.5 Å². The quantitative estimate of drug-likeness (QED) is 0.346. The molecule has 1 fully saturated rings. The third-order valence-corrected chi connectivity index (χ3v) is 6.39. The van der Waals surface area contributed by atoms with Crippen LogP contribution in [0.5, 0.6) is 0 Å². The second kappa shape index (κ2) is 8.97. The number of hydrogen-bond donors (Lipinski definition) is 3. The van der Waals surface area contributed by atoms with E-state index in [9.17, 15) is 9.59 Å². The van der Waals surface area contributed by atoms with Crippen LogP contribution < -0.4 is 5.32 Å². The molecule has 1 aliphatic rings. The molecule has 0 bridgehead atoms. The number of pyridine rings is 3. The Morgan fingerprint density at radius 2 is 1.78 bits per heavy atom. The maximum atomic E-state index is 13.1. The van der Waals surface area contributed by atoms with Crippen LogP contribution in [0.15, 0.2) is 43.1 Å². The van der Waals surface area contributed by atoms with Crippen molar-refractivity contribution >= 4 is 39.7 Å². The molecule has 0 saturated carbocycles. The smallest absolute Gasteiger partial charge is 0.321 e. The Kier molecular flexibility index (Phi) is 5.48. The van der Waals surface area contributed by atoms with Gasteiger partial charge >= 0.3 is 6.03 Å². The molecule has 0 atom stereocenters. The van der Waals surface area contributed by atoms with Gasteiger partial charge in [-0.15, -0.1) is 0 Å². The van der Waals surface area contributed by atoms with Gasteiger partial charge in [-0.05, 0) is 25.0 Å². The van der Waals surface area contributed by atoms with Gasteiger partial charge in [0.15, 0.2) is 11.5 Å². The highest BCUT2D eigenvalue weighted by Gasteiger charge is 2.24. The molecule has 3 N–H and O–H groups in total. The average Bonchev–Trinajstić information content (AvgIpc) is 3.67. The highest BCUT2D eigenvalue weighted by molar-refractivity contribution is 6.05. The van der Waals surface area contributed by atoms with Gasteiger partial charge in [-0.1, -0.05) is 0 Å². The van der Waals surface area contributed by atoms with Gasteiger partial charge in [-0.25, -0.2) is 14.8 Å². The van der Waals surface area contributed by atoms with Crippen molar-refractivity contribution in [2.75, 3.05) is 32.5 Å². The number of rotatable bonds is 4. The van der Waals surface area contributed by atoms with E-state index >= 15 is 0 Å². The molecule has 1 saturated heterocycles. The van der Waals surface area contributed by atoms with Crippen molar-refractivity contribution in [2.24, 2.45) is 0 Å². The van der Waals surface area contributed by atoms with Crippen LogP contribution in [0.1, 0.15) is 23.2 Å². The van der Waals surface area contributed by atoms with Gasteiger partial charge in [0.1, 0.15) is 11.2 Å². The minimum Gasteiger partial charge on any atom is -0.339 e. The van der Waals surface area contributed by atoms with E-state index in [0.29, 0.717) is 39.4 Å². The number of imidazole rings is 1. The molecule has 6 rings (SSSR count). The molecule has 5 aromatic rings. The highest BCUT2D eigenvalue weighted by Crippen LogP contribution is 2.30. The molecule has 5 aromatic heterocycles. The zero-order valence-corrected chi connectivity index (χ0v) is 20.3. The van der Waals surface area contributed by atoms with Crippen LogP contribution >= 0.6 is 0 Å². The predicted octanol–water partition coefficient (Wildman–Crippen LogP) is 3.29. The van der Waals surface area contributed by atoms with Crippen LogP contribution in [0.25, 0.3) is 44.7 Å². The van der Waals surface area contributed by atoms with Crippen LogP contribution in [0, 0.1) is 0 Å². The molecule has 1 aliphatic heterocycles. The van der Waals surface area contributed by atoms with Crippen molar-refractivity contribution in [1.82, 2.24) is 44.9 Å². The normalized spacial score (nSPS) is 13.4. The van der Waals surface area contributed by atoms with E-state index in [0.717, 1.165) is 42.4 Å². The number of amides is 3. The first-order valence-electron chi connectivity index (χ1n) is 11.9. The first-order valence-corrected chi connectivity index (χ1v) is 11.9. The fraction of sp³-hybridized carbons (Fsp3) is 0.240. The Morgan fingerprint density at radius 1 is 1.00 bits per heavy atom. The Balaban J connectivity index is 1.38. The summed E-state index contributed by atoms with van der Waals surface area (Å²) in [5.74, 6) is 0.478. The molecule has 0 radical (unpaired) electrons. The van der Waals surface area contributed by atoms with Gasteiger partial charge in [-0.2, -0.15) is 5.10 Å². The third-order valence-electron chi connectivity index (χ3n) is 6.39. The molecule has 0 unspecified atom stereocenters. The van der Waals surface area contributed by atoms with Crippen LogP contribution in [0.2, 0.25) is 0 Å². The number of aromatic amines is 2. The molecule has 0 aliphatic carbocycles. The number of carbonyl (C=O) groups excluding carboxylic acids is 2. The zero-order chi connectivity index (χ0) is 25.5. The number of H-pyrrole nitrogens is 2. The molecule has 12 heteroatoms. The van der Waals surface area contributed by atoms with Gasteiger partial charge in [-0.3, -0.25) is 19.9 Å². The van der Waals surface area contributed by atoms with Gasteiger partial charge in [0.2, 0.25) is 0 Å². The lowest BCUT2D eigenvalue weighted by Crippen LogP contribution is -2.27. The lowest BCUT2D eigenvalue weighted by molar-refractivity contribution is 0.0794. The van der Waals surface area contributed by atoms with Crippen molar-refractivity contribution in [3.63, 3.8) is 0 Å². The predicted molar refractivity (Wildman–Crippen MR) is 138 cm³/mol. The second-order valence-corrected chi connectivity index (χ2v) is 9.15. The number of fused-ring (bicyclic) bond motifs is 2. The summed E-state index contributed by atoms with van der Waals surface area (Å²) in [4.78, 5) is 49.4. The molecule has 0 spiro atoms. The summed E-state index contributed by atoms with van der Waals surface area (Å²) in [6.07, 6.45) is 10.3. The molecule has 186 valence electrons. The number of hydrogen-bond acceptors (Lipinski definition) is 7. The molecular weight excluding hydrogens is 472 g/mol. The molecule has 0 aromatic carbocycles. The topological polar surface area (TPSA) is 149 Å². The zero-order valence-electron chi connectivity index (χ0n) is 20.3. The summed E-state index contributed by atoms with van der Waals surface area (Å²) in [6, 6.07) is 3.53. The van der Waals surface area contributed by atoms with E-state index in [-0.39, 0.29) is 11.9 Å². The van der Waals surface area contributed by atoms with E-state index in [1.807, 2.05) is 17.0 Å². The van der Waals surface area contributed by atoms with Crippen LogP contribution in [0.3, 0.4) is 0 Å². The Hall–Kier alpha value is -4.87. The minimum absolute atomic E-state index is 0.0548. The number of urea groups is 1. The molecule has 3 amide bonds. The van der Waals surface area contributed by atoms with Crippen molar-refractivity contribution in [1.29, 1.82) is 0 Å². The monoisotopic (exact) mass is 496 g/mol. The van der Waals surface area contributed by atoms with Gasteiger partial charge in [0, 0.05) is 56.9 Å². The van der Waals surface area contributed by atoms with Gasteiger partial charge in [0.25, 0.3) is 5.91 Å². The second-order valence-electron chi connectivity index (χ2n) is 9.15.